The Morgan fingerprint density at radius 1 is 1.02 bits per heavy atom. The number of aliphatic carboxylic acids is 1. The number of aliphatic hydroxyl groups excluding tert-OH is 1. The molecule has 0 saturated heterocycles. The fourth-order valence-electron chi connectivity index (χ4n) is 7.94. The van der Waals surface area contributed by atoms with Gasteiger partial charge in [0.15, 0.2) is 0 Å². The lowest BCUT2D eigenvalue weighted by atomic mass is 9.60. The maximum Gasteiger partial charge on any atom is 0.309 e. The SMILES string of the molecule is CCCCC[C@H](CC=CCCC1CCCCC1)C[C@H]1C=CC(Cc2ccccc2)[C@H]([C@H](C(=O)O)[C@H](C)O)[C@@H]1CCN. The third-order valence-electron chi connectivity index (χ3n) is 10.1. The summed E-state index contributed by atoms with van der Waals surface area (Å²) in [6, 6.07) is 10.4. The van der Waals surface area contributed by atoms with Gasteiger partial charge in [0.2, 0.25) is 0 Å². The minimum absolute atomic E-state index is 0.0686. The van der Waals surface area contributed by atoms with Crippen LogP contribution in [0.4, 0.5) is 0 Å². The van der Waals surface area contributed by atoms with Gasteiger partial charge in [0, 0.05) is 0 Å². The van der Waals surface area contributed by atoms with Crippen LogP contribution in [-0.2, 0) is 11.2 Å². The van der Waals surface area contributed by atoms with E-state index < -0.39 is 18.0 Å². The number of benzene rings is 1. The summed E-state index contributed by atoms with van der Waals surface area (Å²) in [6.07, 6.45) is 27.0. The third kappa shape index (κ3) is 11.0. The van der Waals surface area contributed by atoms with Crippen molar-refractivity contribution >= 4 is 5.97 Å². The van der Waals surface area contributed by atoms with E-state index in [4.69, 9.17) is 5.73 Å². The maximum atomic E-state index is 12.6. The van der Waals surface area contributed by atoms with E-state index in [0.29, 0.717) is 18.4 Å². The van der Waals surface area contributed by atoms with Crippen molar-refractivity contribution in [2.24, 2.45) is 47.2 Å². The molecule has 1 fully saturated rings. The fourth-order valence-corrected chi connectivity index (χ4v) is 7.94. The number of aliphatic hydroxyl groups is 1. The highest BCUT2D eigenvalue weighted by Gasteiger charge is 2.45. The Labute approximate surface area is 250 Å². The summed E-state index contributed by atoms with van der Waals surface area (Å²) in [4.78, 5) is 12.6. The zero-order valence-electron chi connectivity index (χ0n) is 26.0. The first-order chi connectivity index (χ1) is 19.9. The molecule has 1 aromatic rings. The highest BCUT2D eigenvalue weighted by molar-refractivity contribution is 5.71. The highest BCUT2D eigenvalue weighted by atomic mass is 16.4. The summed E-state index contributed by atoms with van der Waals surface area (Å²) >= 11 is 0. The predicted octanol–water partition coefficient (Wildman–Crippen LogP) is 8.59. The molecule has 4 nitrogen and oxygen atoms in total. The number of unbranched alkanes of at least 4 members (excludes halogenated alkanes) is 2. The van der Waals surface area contributed by atoms with Gasteiger partial charge in [-0.3, -0.25) is 4.79 Å². The normalized spacial score (nSPS) is 25.8. The van der Waals surface area contributed by atoms with Gasteiger partial charge in [-0.2, -0.15) is 0 Å². The molecule has 7 atom stereocenters. The third-order valence-corrected chi connectivity index (χ3v) is 10.1. The number of hydrogen-bond acceptors (Lipinski definition) is 3. The molecule has 0 radical (unpaired) electrons. The molecule has 4 heteroatoms. The molecule has 1 aromatic carbocycles. The summed E-state index contributed by atoms with van der Waals surface area (Å²) in [5.41, 5.74) is 7.40. The van der Waals surface area contributed by atoms with Crippen LogP contribution in [0, 0.1) is 41.4 Å². The van der Waals surface area contributed by atoms with Gasteiger partial charge in [0.1, 0.15) is 0 Å². The monoisotopic (exact) mass is 565 g/mol. The van der Waals surface area contributed by atoms with Gasteiger partial charge in [0.05, 0.1) is 12.0 Å². The van der Waals surface area contributed by atoms with E-state index >= 15 is 0 Å². The Morgan fingerprint density at radius 2 is 1.76 bits per heavy atom. The molecule has 1 saturated carbocycles. The molecule has 0 aromatic heterocycles. The highest BCUT2D eigenvalue weighted by Crippen LogP contribution is 2.46. The van der Waals surface area contributed by atoms with Crippen LogP contribution in [0.15, 0.2) is 54.6 Å². The molecular weight excluding hydrogens is 506 g/mol. The van der Waals surface area contributed by atoms with Crippen molar-refractivity contribution in [3.05, 3.63) is 60.2 Å². The molecule has 0 bridgehead atoms. The minimum atomic E-state index is -0.907. The van der Waals surface area contributed by atoms with Crippen LogP contribution in [0.3, 0.4) is 0 Å². The zero-order chi connectivity index (χ0) is 29.5. The van der Waals surface area contributed by atoms with Gasteiger partial charge in [-0.15, -0.1) is 0 Å². The van der Waals surface area contributed by atoms with Gasteiger partial charge >= 0.3 is 5.97 Å². The molecule has 0 amide bonds. The van der Waals surface area contributed by atoms with Crippen molar-refractivity contribution in [3.63, 3.8) is 0 Å². The second-order valence-electron chi connectivity index (χ2n) is 13.2. The number of allylic oxidation sites excluding steroid dienone is 4. The molecule has 0 heterocycles. The Morgan fingerprint density at radius 3 is 2.41 bits per heavy atom. The fraction of sp³-hybridized carbons (Fsp3) is 0.703. The van der Waals surface area contributed by atoms with Crippen LogP contribution in [0.5, 0.6) is 0 Å². The number of carbonyl (C=O) groups is 1. The molecule has 0 aliphatic heterocycles. The summed E-state index contributed by atoms with van der Waals surface area (Å²) in [6.45, 7) is 4.45. The van der Waals surface area contributed by atoms with Crippen molar-refractivity contribution in [1.29, 1.82) is 0 Å². The molecule has 4 N–H and O–H groups in total. The minimum Gasteiger partial charge on any atom is -0.481 e. The smallest absolute Gasteiger partial charge is 0.309 e. The lowest BCUT2D eigenvalue weighted by Crippen LogP contribution is -2.45. The topological polar surface area (TPSA) is 83.5 Å². The Hall–Kier alpha value is -1.91. The van der Waals surface area contributed by atoms with E-state index in [2.05, 4.69) is 43.4 Å². The van der Waals surface area contributed by atoms with E-state index in [0.717, 1.165) is 31.6 Å². The quantitative estimate of drug-likeness (QED) is 0.123. The summed E-state index contributed by atoms with van der Waals surface area (Å²) in [5.74, 6) is 0.188. The van der Waals surface area contributed by atoms with Crippen molar-refractivity contribution in [2.75, 3.05) is 6.54 Å². The predicted molar refractivity (Wildman–Crippen MR) is 172 cm³/mol. The van der Waals surface area contributed by atoms with Gasteiger partial charge < -0.3 is 15.9 Å². The first-order valence-electron chi connectivity index (χ1n) is 16.9. The lowest BCUT2D eigenvalue weighted by Gasteiger charge is -2.44. The summed E-state index contributed by atoms with van der Waals surface area (Å²) < 4.78 is 0. The van der Waals surface area contributed by atoms with Crippen molar-refractivity contribution < 1.29 is 15.0 Å². The molecule has 41 heavy (non-hydrogen) atoms. The summed E-state index contributed by atoms with van der Waals surface area (Å²) in [5, 5.41) is 21.0. The molecule has 230 valence electrons. The summed E-state index contributed by atoms with van der Waals surface area (Å²) in [7, 11) is 0. The van der Waals surface area contributed by atoms with Crippen LogP contribution in [0.1, 0.15) is 109 Å². The molecular formula is C37H59NO3. The van der Waals surface area contributed by atoms with Gasteiger partial charge in [0.25, 0.3) is 0 Å². The van der Waals surface area contributed by atoms with Crippen LogP contribution < -0.4 is 5.73 Å². The van der Waals surface area contributed by atoms with E-state index in [1.54, 1.807) is 6.92 Å². The molecule has 1 unspecified atom stereocenters. The number of nitrogens with two attached hydrogens (primary N) is 1. The van der Waals surface area contributed by atoms with Crippen LogP contribution in [0.2, 0.25) is 0 Å². The average Bonchev–Trinajstić information content (AvgIpc) is 2.96. The molecule has 2 aliphatic carbocycles. The van der Waals surface area contributed by atoms with Gasteiger partial charge in [-0.05, 0) is 93.1 Å². The number of carboxylic acids is 1. The van der Waals surface area contributed by atoms with Gasteiger partial charge in [-0.1, -0.05) is 119 Å². The maximum absolute atomic E-state index is 12.6. The second-order valence-corrected chi connectivity index (χ2v) is 13.2. The number of carboxylic acid groups (broad SMARTS) is 1. The van der Waals surface area contributed by atoms with E-state index in [9.17, 15) is 15.0 Å². The zero-order valence-corrected chi connectivity index (χ0v) is 26.0. The standard InChI is InChI=1S/C37H59NO3/c1-3-4-8-18-30(19-12-6-11-17-29-15-9-5-10-16-29)26-32-22-23-33(27-31-20-13-7-14-21-31)36(34(32)24-25-38)35(28(2)39)37(40)41/h6-7,12-14,20-23,28-30,32-36,39H,3-5,8-11,15-19,24-27,38H2,1-2H3,(H,40,41)/t28-,30+,32+,33?,34+,35+,36-/m0/s1. The number of rotatable bonds is 18. The Bertz CT molecular complexity index is 904. The number of hydrogen-bond donors (Lipinski definition) is 3. The van der Waals surface area contributed by atoms with E-state index in [-0.39, 0.29) is 17.8 Å². The van der Waals surface area contributed by atoms with E-state index in [1.165, 1.54) is 76.2 Å². The molecule has 3 rings (SSSR count). The van der Waals surface area contributed by atoms with E-state index in [1.807, 2.05) is 18.2 Å². The Balaban J connectivity index is 1.77. The van der Waals surface area contributed by atoms with Crippen molar-refractivity contribution in [1.82, 2.24) is 0 Å². The van der Waals surface area contributed by atoms with Crippen molar-refractivity contribution in [2.45, 2.75) is 116 Å². The van der Waals surface area contributed by atoms with Crippen LogP contribution >= 0.6 is 0 Å². The lowest BCUT2D eigenvalue weighted by molar-refractivity contribution is -0.151. The van der Waals surface area contributed by atoms with Crippen LogP contribution in [-0.4, -0.2) is 28.8 Å². The molecule has 0 spiro atoms. The van der Waals surface area contributed by atoms with Gasteiger partial charge in [-0.25, -0.2) is 0 Å². The first kappa shape index (κ1) is 33.6. The largest absolute Gasteiger partial charge is 0.481 e. The van der Waals surface area contributed by atoms with Crippen LogP contribution in [0.25, 0.3) is 0 Å². The van der Waals surface area contributed by atoms with Crippen molar-refractivity contribution in [3.8, 4) is 0 Å². The second kappa shape index (κ2) is 18.6. The average molecular weight is 566 g/mol. The molecule has 2 aliphatic rings. The first-order valence-corrected chi connectivity index (χ1v) is 16.9. The Kier molecular flexibility index (Phi) is 15.2.